The number of carboxylic acid groups (broad SMARTS) is 1. The Morgan fingerprint density at radius 2 is 1.24 bits per heavy atom. The molecule has 638 valence electrons. The fraction of sp³-hybridized carbons (Fsp3) is 0.922. The number of aliphatic hydroxyl groups excluding tert-OH is 16. The highest BCUT2D eigenvalue weighted by atomic mass is 16.8. The lowest BCUT2D eigenvalue weighted by molar-refractivity contribution is -0.391. The van der Waals surface area contributed by atoms with Crippen molar-refractivity contribution in [1.82, 2.24) is 5.32 Å². The first-order chi connectivity index (χ1) is 52.4. The highest BCUT2D eigenvalue weighted by Crippen LogP contribution is 2.76. The molecule has 10 aliphatic rings. The van der Waals surface area contributed by atoms with Gasteiger partial charge in [0.15, 0.2) is 43.7 Å². The summed E-state index contributed by atoms with van der Waals surface area (Å²) in [4.78, 5) is 57.3. The van der Waals surface area contributed by atoms with Crippen LogP contribution in [0.25, 0.3) is 0 Å². The van der Waals surface area contributed by atoms with E-state index in [0.29, 0.717) is 44.9 Å². The number of esters is 1. The van der Waals surface area contributed by atoms with E-state index in [1.165, 1.54) is 20.3 Å². The second kappa shape index (κ2) is 36.9. The number of carboxylic acids is 1. The number of hydrogen-bond acceptors (Lipinski definition) is 32. The predicted octanol–water partition coefficient (Wildman–Crippen LogP) is -1.16. The number of aliphatic carboxylic acids is 1. The lowest BCUT2D eigenvalue weighted by atomic mass is 9.33. The van der Waals surface area contributed by atoms with E-state index in [0.717, 1.165) is 56.8 Å². The molecule has 13 unspecified atom stereocenters. The minimum absolute atomic E-state index is 0.0306. The summed E-state index contributed by atoms with van der Waals surface area (Å²) in [6.45, 7) is 13.8. The molecule has 0 aromatic carbocycles. The van der Waals surface area contributed by atoms with Gasteiger partial charge in [-0.3, -0.25) is 9.59 Å². The highest BCUT2D eigenvalue weighted by molar-refractivity contribution is 5.80. The molecule has 0 spiro atoms. The molecule has 111 heavy (non-hydrogen) atoms. The lowest BCUT2D eigenvalue weighted by Crippen LogP contribution is -2.70. The molecule has 18 N–H and O–H groups in total. The maximum absolute atomic E-state index is 16.1. The Bertz CT molecular complexity index is 3100. The van der Waals surface area contributed by atoms with Crippen molar-refractivity contribution < 1.29 is 163 Å². The summed E-state index contributed by atoms with van der Waals surface area (Å²) >= 11 is 0. The van der Waals surface area contributed by atoms with E-state index in [9.17, 15) is 101 Å². The molecule has 9 fully saturated rings. The minimum atomic E-state index is -2.22. The lowest BCUT2D eigenvalue weighted by Gasteiger charge is -2.71. The second-order valence-corrected chi connectivity index (χ2v) is 34.9. The van der Waals surface area contributed by atoms with Gasteiger partial charge in [-0.15, -0.1) is 0 Å². The van der Waals surface area contributed by atoms with Gasteiger partial charge in [0.25, 0.3) is 0 Å². The summed E-state index contributed by atoms with van der Waals surface area (Å²) in [6.07, 6.45) is -34.4. The average molecular weight is 1590 g/mol. The number of aliphatic hydroxyl groups is 16. The maximum Gasteiger partial charge on any atom is 0.335 e. The van der Waals surface area contributed by atoms with Gasteiger partial charge in [-0.05, 0) is 117 Å². The number of unbranched alkanes of at least 4 members (excludes halogenated alkanes) is 8. The molecule has 4 saturated carbocycles. The fourth-order valence-electron chi connectivity index (χ4n) is 20.5. The number of ether oxygens (including phenoxy) is 12. The molecule has 1 amide bonds. The summed E-state index contributed by atoms with van der Waals surface area (Å²) in [6, 6.07) is -1.40. The van der Waals surface area contributed by atoms with Crippen molar-refractivity contribution in [2.24, 2.45) is 50.2 Å². The fourth-order valence-corrected chi connectivity index (χ4v) is 20.5. The van der Waals surface area contributed by atoms with Gasteiger partial charge >= 0.3 is 11.9 Å². The summed E-state index contributed by atoms with van der Waals surface area (Å²) in [5.74, 6) is -4.57. The number of fused-ring (bicyclic) bond motifs is 7. The van der Waals surface area contributed by atoms with Crippen molar-refractivity contribution in [3.8, 4) is 0 Å². The molecule has 5 heterocycles. The molecule has 5 saturated heterocycles. The normalized spacial score (nSPS) is 46.5. The third-order valence-electron chi connectivity index (χ3n) is 27.4. The number of carbonyl (C=O) groups excluding carboxylic acids is 3. The van der Waals surface area contributed by atoms with Crippen LogP contribution in [0.4, 0.5) is 0 Å². The molecule has 0 aromatic rings. The van der Waals surface area contributed by atoms with Crippen molar-refractivity contribution >= 4 is 24.1 Å². The largest absolute Gasteiger partial charge is 0.479 e. The number of rotatable bonds is 32. The topological polar surface area (TPSA) is 535 Å². The summed E-state index contributed by atoms with van der Waals surface area (Å²) < 4.78 is 73.4. The molecular weight excluding hydrogens is 1470 g/mol. The Morgan fingerprint density at radius 3 is 1.89 bits per heavy atom. The van der Waals surface area contributed by atoms with Crippen LogP contribution in [0.1, 0.15) is 184 Å². The SMILES string of the molecule is CCCCCCCCCCCC(=O)N[C@H]1C(CO)O[C@@H](OC(=O)[C@]23CCC(C)(C)CC2C2=CCC4C5(C)CC[C@H](O[C@@H]6OC(C(=O)O)[C@@H](O)C(O[C@@H]7OC[C@@H](O)C(O)[C@@H]7O)[C@@H]6O[C@@H]6OC(CO)[C@H](O)C(O)[C@@H]6O)[C@](C)(C=O)C5CC[C@@]4(C)[C@]2(C)C[C@H]3O)C(O[C@@H]2OC(C)[C@H](O[C@@H](C)OC[C@@H](O)[C@@H](O)CO)[C@@H](O)C2O)[C@@H]1O. The zero-order valence-electron chi connectivity index (χ0n) is 65.2. The summed E-state index contributed by atoms with van der Waals surface area (Å²) in [5, 5.41) is 190. The number of allylic oxidation sites excluding steroid dienone is 2. The summed E-state index contributed by atoms with van der Waals surface area (Å²) in [5.41, 5.74) is -4.90. The van der Waals surface area contributed by atoms with Gasteiger partial charge in [0.2, 0.25) is 12.2 Å². The predicted molar refractivity (Wildman–Crippen MR) is 381 cm³/mol. The first kappa shape index (κ1) is 90.1. The van der Waals surface area contributed by atoms with Crippen LogP contribution < -0.4 is 5.32 Å². The van der Waals surface area contributed by atoms with Gasteiger partial charge in [-0.1, -0.05) is 111 Å². The monoisotopic (exact) mass is 1590 g/mol. The minimum Gasteiger partial charge on any atom is -0.479 e. The molecule has 5 aliphatic heterocycles. The van der Waals surface area contributed by atoms with Gasteiger partial charge in [0.1, 0.15) is 115 Å². The van der Waals surface area contributed by atoms with Crippen LogP contribution in [0.5, 0.6) is 0 Å². The van der Waals surface area contributed by atoms with E-state index in [4.69, 9.17) is 56.8 Å². The number of hydrogen-bond donors (Lipinski definition) is 18. The summed E-state index contributed by atoms with van der Waals surface area (Å²) in [7, 11) is 0. The molecule has 37 atom stereocenters. The molecule has 34 heteroatoms. The van der Waals surface area contributed by atoms with E-state index in [1.54, 1.807) is 6.92 Å². The molecular formula is C77H127NO33. The molecule has 0 aromatic heterocycles. The Balaban J connectivity index is 0.919. The van der Waals surface area contributed by atoms with Gasteiger partial charge in [-0.25, -0.2) is 4.79 Å². The van der Waals surface area contributed by atoms with Crippen molar-refractivity contribution in [1.29, 1.82) is 0 Å². The van der Waals surface area contributed by atoms with Crippen molar-refractivity contribution in [3.63, 3.8) is 0 Å². The van der Waals surface area contributed by atoms with Crippen molar-refractivity contribution in [2.45, 2.75) is 362 Å². The van der Waals surface area contributed by atoms with E-state index in [2.05, 4.69) is 52.9 Å². The first-order valence-corrected chi connectivity index (χ1v) is 40.1. The smallest absolute Gasteiger partial charge is 0.335 e. The van der Waals surface area contributed by atoms with Crippen LogP contribution in [-0.2, 0) is 76.0 Å². The Kier molecular flexibility index (Phi) is 30.0. The van der Waals surface area contributed by atoms with E-state index < -0.39 is 273 Å². The number of nitrogens with one attached hydrogen (secondary N) is 1. The Labute approximate surface area is 647 Å². The van der Waals surface area contributed by atoms with Crippen LogP contribution in [0.15, 0.2) is 11.6 Å². The van der Waals surface area contributed by atoms with Gasteiger partial charge in [0, 0.05) is 6.42 Å². The molecule has 0 radical (unpaired) electrons. The van der Waals surface area contributed by atoms with Crippen molar-refractivity contribution in [3.05, 3.63) is 11.6 Å². The average Bonchev–Trinajstić information content (AvgIpc) is 0.670. The quantitative estimate of drug-likeness (QED) is 0.00944. The second-order valence-electron chi connectivity index (χ2n) is 34.9. The molecule has 34 nitrogen and oxygen atoms in total. The van der Waals surface area contributed by atoms with Gasteiger partial charge in [-0.2, -0.15) is 0 Å². The number of aldehydes is 1. The highest BCUT2D eigenvalue weighted by Gasteiger charge is 2.73. The molecule has 0 bridgehead atoms. The van der Waals surface area contributed by atoms with Crippen LogP contribution >= 0.6 is 0 Å². The number of amides is 1. The first-order valence-electron chi connectivity index (χ1n) is 40.1. The van der Waals surface area contributed by atoms with Gasteiger partial charge in [0.05, 0.1) is 62.8 Å². The van der Waals surface area contributed by atoms with Gasteiger partial charge < -0.3 is 154 Å². The van der Waals surface area contributed by atoms with Crippen molar-refractivity contribution in [2.75, 3.05) is 33.0 Å². The van der Waals surface area contributed by atoms with Crippen LogP contribution in [0, 0.1) is 50.2 Å². The Hall–Kier alpha value is -3.26. The Morgan fingerprint density at radius 1 is 0.622 bits per heavy atom. The zero-order valence-corrected chi connectivity index (χ0v) is 65.2. The standard InChI is InChI=1S/C77H127NO33/c1-10-11-12-13-14-15-16-17-18-19-49(87)78-50-43(31-80)104-69(63(53(50)90)109-67-58(95)55(92)60(36(2)102-67)103-37(3)100-33-41(84)40(83)30-79)111-71(99)77-27-26-72(4,5)28-39(77)38-20-21-46-73(6)24-23-48(74(7,35-82)45(73)22-25-75(46,8)76(38,9)29-47(77)86)106-70-64(110-68-57(94)54(91)52(89)44(32-81)105-68)61(59(96)62(108-70)65(97)98)107-66-56(93)51(88)42(85)34-101-66/h20,35-37,39-48,50-64,66-70,79-81,83-86,88-96H,10-19,21-34H2,1-9H3,(H,78,87)(H,97,98)/t36?,37-,39?,40-,41+,42+,43?,44?,45?,46?,47+,48-,50-,51?,52-,53+,54?,55-,56-,57-,58?,59-,60-,61?,62?,63?,64-,66-,67-,68-,69-,70+,73?,74+,75+,76+,77+/m0/s1. The third-order valence-corrected chi connectivity index (χ3v) is 27.4. The number of carbonyl (C=O) groups is 4. The van der Waals surface area contributed by atoms with E-state index in [1.807, 2.05) is 0 Å². The van der Waals surface area contributed by atoms with E-state index in [-0.39, 0.29) is 31.6 Å². The van der Waals surface area contributed by atoms with Crippen LogP contribution in [0.3, 0.4) is 0 Å². The maximum atomic E-state index is 16.1. The molecule has 10 rings (SSSR count). The van der Waals surface area contributed by atoms with Crippen LogP contribution in [0.2, 0.25) is 0 Å². The van der Waals surface area contributed by atoms with Crippen LogP contribution in [-0.4, -0.2) is 322 Å². The zero-order chi connectivity index (χ0) is 81.4. The third kappa shape index (κ3) is 17.9. The van der Waals surface area contributed by atoms with E-state index >= 15 is 4.79 Å². The molecule has 5 aliphatic carbocycles.